The molecule has 1 unspecified atom stereocenters. The summed E-state index contributed by atoms with van der Waals surface area (Å²) in [7, 11) is -2.83. The maximum Gasteiger partial charge on any atom is 0.151 e. The van der Waals surface area contributed by atoms with Crippen molar-refractivity contribution in [3.63, 3.8) is 0 Å². The van der Waals surface area contributed by atoms with Crippen molar-refractivity contribution in [1.82, 2.24) is 10.3 Å². The third kappa shape index (κ3) is 3.91. The molecule has 3 rings (SSSR count). The maximum absolute atomic E-state index is 11.4. The van der Waals surface area contributed by atoms with Crippen molar-refractivity contribution in [1.29, 1.82) is 0 Å². The molecular formula is C14H15BrN2O2S2. The molecule has 1 aliphatic heterocycles. The van der Waals surface area contributed by atoms with E-state index < -0.39 is 9.84 Å². The van der Waals surface area contributed by atoms with Crippen LogP contribution in [0.25, 0.3) is 10.6 Å². The highest BCUT2D eigenvalue weighted by Gasteiger charge is 2.27. The van der Waals surface area contributed by atoms with Gasteiger partial charge in [-0.05, 0) is 18.6 Å². The molecule has 112 valence electrons. The van der Waals surface area contributed by atoms with Gasteiger partial charge < -0.3 is 5.32 Å². The molecule has 0 aliphatic carbocycles. The zero-order chi connectivity index (χ0) is 14.9. The smallest absolute Gasteiger partial charge is 0.151 e. The first kappa shape index (κ1) is 15.1. The third-order valence-corrected chi connectivity index (χ3v) is 6.63. The lowest BCUT2D eigenvalue weighted by atomic mass is 10.2. The van der Waals surface area contributed by atoms with Crippen LogP contribution in [0.3, 0.4) is 0 Å². The van der Waals surface area contributed by atoms with Crippen LogP contribution in [0.5, 0.6) is 0 Å². The largest absolute Gasteiger partial charge is 0.307 e. The summed E-state index contributed by atoms with van der Waals surface area (Å²) in [6.07, 6.45) is 0.699. The Hall–Kier alpha value is -0.760. The highest BCUT2D eigenvalue weighted by atomic mass is 79.9. The van der Waals surface area contributed by atoms with Crippen LogP contribution in [-0.4, -0.2) is 30.9 Å². The minimum absolute atomic E-state index is 0.0611. The van der Waals surface area contributed by atoms with E-state index in [2.05, 4.69) is 26.2 Å². The highest BCUT2D eigenvalue weighted by molar-refractivity contribution is 9.10. The lowest BCUT2D eigenvalue weighted by molar-refractivity contribution is 0.550. The second kappa shape index (κ2) is 6.16. The van der Waals surface area contributed by atoms with E-state index in [-0.39, 0.29) is 11.8 Å². The Morgan fingerprint density at radius 1 is 1.43 bits per heavy atom. The monoisotopic (exact) mass is 386 g/mol. The third-order valence-electron chi connectivity index (χ3n) is 3.43. The minimum Gasteiger partial charge on any atom is -0.307 e. The second-order valence-electron chi connectivity index (χ2n) is 5.14. The van der Waals surface area contributed by atoms with E-state index in [1.165, 1.54) is 0 Å². The lowest BCUT2D eigenvalue weighted by Crippen LogP contribution is -2.29. The van der Waals surface area contributed by atoms with E-state index in [4.69, 9.17) is 0 Å². The van der Waals surface area contributed by atoms with Gasteiger partial charge in [0.1, 0.15) is 5.01 Å². The van der Waals surface area contributed by atoms with E-state index in [0.717, 1.165) is 20.7 Å². The van der Waals surface area contributed by atoms with Crippen molar-refractivity contribution in [3.8, 4) is 10.6 Å². The molecule has 1 aromatic carbocycles. The molecule has 2 aromatic rings. The number of nitrogens with zero attached hydrogens (tertiary/aromatic N) is 1. The van der Waals surface area contributed by atoms with Gasteiger partial charge in [-0.1, -0.05) is 28.1 Å². The highest BCUT2D eigenvalue weighted by Crippen LogP contribution is 2.26. The molecule has 7 heteroatoms. The Morgan fingerprint density at radius 3 is 3.00 bits per heavy atom. The summed E-state index contributed by atoms with van der Waals surface area (Å²) in [5, 5.41) is 6.28. The van der Waals surface area contributed by atoms with Crippen LogP contribution in [0.1, 0.15) is 12.1 Å². The molecule has 1 aliphatic rings. The minimum atomic E-state index is -2.83. The Bertz CT molecular complexity index is 743. The predicted molar refractivity (Wildman–Crippen MR) is 89.1 cm³/mol. The van der Waals surface area contributed by atoms with Gasteiger partial charge in [0.05, 0.1) is 17.2 Å². The van der Waals surface area contributed by atoms with Crippen molar-refractivity contribution >= 4 is 37.1 Å². The number of halogens is 1. The fourth-order valence-corrected chi connectivity index (χ4v) is 5.27. The fraction of sp³-hybridized carbons (Fsp3) is 0.357. The summed E-state index contributed by atoms with van der Waals surface area (Å²) in [4.78, 5) is 4.60. The number of benzene rings is 1. The molecule has 1 N–H and O–H groups in total. The van der Waals surface area contributed by atoms with Crippen LogP contribution in [-0.2, 0) is 16.4 Å². The van der Waals surface area contributed by atoms with Crippen molar-refractivity contribution in [3.05, 3.63) is 39.8 Å². The van der Waals surface area contributed by atoms with E-state index in [9.17, 15) is 8.42 Å². The van der Waals surface area contributed by atoms with Crippen molar-refractivity contribution < 1.29 is 8.42 Å². The van der Waals surface area contributed by atoms with Gasteiger partial charge in [-0.25, -0.2) is 13.4 Å². The Kier molecular flexibility index (Phi) is 4.44. The normalized spacial score (nSPS) is 20.7. The molecule has 1 fully saturated rings. The molecule has 0 radical (unpaired) electrons. The van der Waals surface area contributed by atoms with Crippen LogP contribution in [0.4, 0.5) is 0 Å². The van der Waals surface area contributed by atoms with Crippen molar-refractivity contribution in [2.45, 2.75) is 19.0 Å². The van der Waals surface area contributed by atoms with Crippen molar-refractivity contribution in [2.24, 2.45) is 0 Å². The summed E-state index contributed by atoms with van der Waals surface area (Å²) in [5.41, 5.74) is 2.04. The number of aromatic nitrogens is 1. The molecule has 4 nitrogen and oxygen atoms in total. The Balaban J connectivity index is 1.63. The van der Waals surface area contributed by atoms with Crippen LogP contribution >= 0.6 is 27.3 Å². The number of sulfone groups is 1. The van der Waals surface area contributed by atoms with Gasteiger partial charge in [-0.3, -0.25) is 0 Å². The number of hydrogen-bond acceptors (Lipinski definition) is 5. The van der Waals surface area contributed by atoms with Gasteiger partial charge in [0.2, 0.25) is 0 Å². The molecule has 2 heterocycles. The Labute approximate surface area is 136 Å². The van der Waals surface area contributed by atoms with Gasteiger partial charge in [0.25, 0.3) is 0 Å². The first-order valence-corrected chi connectivity index (χ1v) is 10.2. The molecule has 0 spiro atoms. The van der Waals surface area contributed by atoms with Crippen molar-refractivity contribution in [2.75, 3.05) is 11.5 Å². The van der Waals surface area contributed by atoms with E-state index in [1.54, 1.807) is 11.3 Å². The molecule has 1 atom stereocenters. The average molecular weight is 387 g/mol. The number of rotatable bonds is 4. The topological polar surface area (TPSA) is 59.1 Å². The van der Waals surface area contributed by atoms with Gasteiger partial charge in [-0.2, -0.15) is 0 Å². The first-order chi connectivity index (χ1) is 10.0. The molecule has 1 aromatic heterocycles. The van der Waals surface area contributed by atoms with Crippen LogP contribution in [0.15, 0.2) is 34.1 Å². The fourth-order valence-electron chi connectivity index (χ4n) is 2.35. The first-order valence-electron chi connectivity index (χ1n) is 6.66. The molecule has 0 saturated carbocycles. The van der Waals surface area contributed by atoms with E-state index >= 15 is 0 Å². The second-order valence-corrected chi connectivity index (χ2v) is 9.14. The van der Waals surface area contributed by atoms with Gasteiger partial charge in [0, 0.05) is 28.0 Å². The quantitative estimate of drug-likeness (QED) is 0.877. The summed E-state index contributed by atoms with van der Waals surface area (Å²) in [5.74, 6) is 0.542. The summed E-state index contributed by atoms with van der Waals surface area (Å²) in [6, 6.07) is 8.11. The average Bonchev–Trinajstić information content (AvgIpc) is 3.03. The number of nitrogens with one attached hydrogen (secondary N) is 1. The standard InChI is InChI=1S/C14H15BrN2O2S2/c15-11-3-1-2-10(6-11)14-17-13(8-20-14)7-16-12-4-5-21(18,19)9-12/h1-3,6,8,12,16H,4-5,7,9H2. The van der Waals surface area contributed by atoms with Gasteiger partial charge in [0.15, 0.2) is 9.84 Å². The molecule has 0 amide bonds. The number of thiazole rings is 1. The van der Waals surface area contributed by atoms with E-state index in [0.29, 0.717) is 18.7 Å². The van der Waals surface area contributed by atoms with Crippen LogP contribution in [0, 0.1) is 0 Å². The van der Waals surface area contributed by atoms with Gasteiger partial charge >= 0.3 is 0 Å². The summed E-state index contributed by atoms with van der Waals surface area (Å²) in [6.45, 7) is 0.616. The zero-order valence-electron chi connectivity index (χ0n) is 11.3. The maximum atomic E-state index is 11.4. The van der Waals surface area contributed by atoms with Crippen LogP contribution < -0.4 is 5.32 Å². The van der Waals surface area contributed by atoms with E-state index in [1.807, 2.05) is 29.6 Å². The lowest BCUT2D eigenvalue weighted by Gasteiger charge is -2.08. The molecule has 21 heavy (non-hydrogen) atoms. The molecule has 1 saturated heterocycles. The summed E-state index contributed by atoms with van der Waals surface area (Å²) < 4.78 is 23.9. The summed E-state index contributed by atoms with van der Waals surface area (Å²) >= 11 is 5.06. The van der Waals surface area contributed by atoms with Gasteiger partial charge in [-0.15, -0.1) is 11.3 Å². The number of hydrogen-bond donors (Lipinski definition) is 1. The Morgan fingerprint density at radius 2 is 2.29 bits per heavy atom. The molecule has 0 bridgehead atoms. The molecular weight excluding hydrogens is 372 g/mol. The SMILES string of the molecule is O=S1(=O)CCC(NCc2csc(-c3cccc(Br)c3)n2)C1. The van der Waals surface area contributed by atoms with Crippen LogP contribution in [0.2, 0.25) is 0 Å². The zero-order valence-corrected chi connectivity index (χ0v) is 14.5. The predicted octanol–water partition coefficient (Wildman–Crippen LogP) is 2.85.